The van der Waals surface area contributed by atoms with E-state index >= 15 is 0 Å². The number of aromatic amines is 1. The Kier molecular flexibility index (Phi) is 8.49. The fraction of sp³-hybridized carbons (Fsp3) is 0.857. The molecular weight excluding hydrogens is 400 g/mol. The molecule has 3 rings (SSSR count). The van der Waals surface area contributed by atoms with Gasteiger partial charge >= 0.3 is 12.1 Å². The average Bonchev–Trinajstić information content (AvgIpc) is 3.31. The van der Waals surface area contributed by atoms with Crippen LogP contribution >= 0.6 is 0 Å². The standard InChI is InChI=1S/C21H36N6O4/c1-3-27(4-2)21(29)31-11-5-10-30-20(28)18-13-17-12-15(6-8-16(17)14-22-18)7-9-19-23-25-26-24-19/h15-18,22H,3-14H2,1-2H3,(H,23,24,25,26)/t15-,16+,17-,18+/m1/s1/i18D. The zero-order valence-electron chi connectivity index (χ0n) is 19.6. The van der Waals surface area contributed by atoms with Crippen molar-refractivity contribution in [2.75, 3.05) is 32.8 Å². The molecule has 0 bridgehead atoms. The summed E-state index contributed by atoms with van der Waals surface area (Å²) >= 11 is 0. The second-order valence-electron chi connectivity index (χ2n) is 8.41. The lowest BCUT2D eigenvalue weighted by Gasteiger charge is -2.42. The third-order valence-electron chi connectivity index (χ3n) is 6.47. The third kappa shape index (κ3) is 6.88. The summed E-state index contributed by atoms with van der Waals surface area (Å²) in [6.45, 7) is 5.97. The first-order valence-electron chi connectivity index (χ1n) is 12.0. The van der Waals surface area contributed by atoms with Crippen molar-refractivity contribution < 1.29 is 20.4 Å². The Morgan fingerprint density at radius 3 is 2.71 bits per heavy atom. The zero-order valence-corrected chi connectivity index (χ0v) is 18.6. The number of carbonyl (C=O) groups is 2. The number of esters is 1. The molecule has 10 nitrogen and oxygen atoms in total. The number of tetrazole rings is 1. The lowest BCUT2D eigenvalue weighted by atomic mass is 9.69. The van der Waals surface area contributed by atoms with Crippen LogP contribution in [0.2, 0.25) is 0 Å². The van der Waals surface area contributed by atoms with Crippen LogP contribution in [0.4, 0.5) is 4.79 Å². The molecule has 10 heteroatoms. The Morgan fingerprint density at radius 1 is 1.16 bits per heavy atom. The van der Waals surface area contributed by atoms with Crippen molar-refractivity contribution in [1.29, 1.82) is 0 Å². The summed E-state index contributed by atoms with van der Waals surface area (Å²) in [6, 6.07) is -1.41. The summed E-state index contributed by atoms with van der Waals surface area (Å²) in [4.78, 5) is 26.0. The Balaban J connectivity index is 1.39. The Bertz CT molecular complexity index is 732. The van der Waals surface area contributed by atoms with Crippen LogP contribution in [0.15, 0.2) is 0 Å². The molecule has 0 radical (unpaired) electrons. The van der Waals surface area contributed by atoms with E-state index in [-0.39, 0.29) is 19.3 Å². The summed E-state index contributed by atoms with van der Waals surface area (Å²) < 4.78 is 19.2. The van der Waals surface area contributed by atoms with Gasteiger partial charge in [0.25, 0.3) is 0 Å². The van der Waals surface area contributed by atoms with Crippen molar-refractivity contribution in [3.8, 4) is 0 Å². The highest BCUT2D eigenvalue weighted by molar-refractivity contribution is 5.76. The van der Waals surface area contributed by atoms with Crippen LogP contribution in [0.1, 0.15) is 59.6 Å². The highest BCUT2D eigenvalue weighted by atomic mass is 16.6. The van der Waals surface area contributed by atoms with Gasteiger partial charge in [-0.1, -0.05) is 11.6 Å². The van der Waals surface area contributed by atoms with Crippen molar-refractivity contribution in [2.45, 2.75) is 64.8 Å². The van der Waals surface area contributed by atoms with E-state index in [0.29, 0.717) is 50.2 Å². The molecule has 1 aromatic rings. The Hall–Kier alpha value is -2.23. The van der Waals surface area contributed by atoms with E-state index in [1.807, 2.05) is 13.8 Å². The maximum atomic E-state index is 12.6. The molecule has 2 fully saturated rings. The molecule has 0 unspecified atom stereocenters. The molecule has 1 aliphatic heterocycles. The van der Waals surface area contributed by atoms with Gasteiger partial charge in [0, 0.05) is 25.9 Å². The number of nitrogens with zero attached hydrogens (tertiary/aromatic N) is 4. The quantitative estimate of drug-likeness (QED) is 0.421. The summed E-state index contributed by atoms with van der Waals surface area (Å²) in [6.07, 6.45) is 5.59. The van der Waals surface area contributed by atoms with Crippen LogP contribution in [-0.2, 0) is 20.7 Å². The second kappa shape index (κ2) is 12.0. The van der Waals surface area contributed by atoms with Gasteiger partial charge in [0.2, 0.25) is 0 Å². The lowest BCUT2D eigenvalue weighted by Crippen LogP contribution is -2.50. The molecule has 1 aromatic heterocycles. The van der Waals surface area contributed by atoms with Gasteiger partial charge in [-0.25, -0.2) is 4.79 Å². The van der Waals surface area contributed by atoms with Crippen LogP contribution < -0.4 is 5.32 Å². The first-order valence-corrected chi connectivity index (χ1v) is 11.5. The van der Waals surface area contributed by atoms with E-state index in [0.717, 1.165) is 37.9 Å². The topological polar surface area (TPSA) is 122 Å². The number of amides is 1. The van der Waals surface area contributed by atoms with Crippen LogP contribution in [0.3, 0.4) is 0 Å². The van der Waals surface area contributed by atoms with Crippen molar-refractivity contribution >= 4 is 12.1 Å². The molecule has 2 heterocycles. The molecule has 31 heavy (non-hydrogen) atoms. The molecule has 1 saturated carbocycles. The maximum absolute atomic E-state index is 12.6. The second-order valence-corrected chi connectivity index (χ2v) is 8.41. The highest BCUT2D eigenvalue weighted by Gasteiger charge is 2.38. The van der Waals surface area contributed by atoms with Crippen molar-refractivity contribution in [1.82, 2.24) is 30.8 Å². The number of carbonyl (C=O) groups excluding carboxylic acids is 2. The van der Waals surface area contributed by atoms with Crippen molar-refractivity contribution in [2.24, 2.45) is 17.8 Å². The fourth-order valence-corrected chi connectivity index (χ4v) is 4.61. The van der Waals surface area contributed by atoms with Gasteiger partial charge < -0.3 is 19.7 Å². The zero-order chi connectivity index (χ0) is 23.0. The molecule has 1 amide bonds. The summed E-state index contributed by atoms with van der Waals surface area (Å²) in [5.41, 5.74) is 0. The Labute approximate surface area is 185 Å². The number of rotatable bonds is 10. The maximum Gasteiger partial charge on any atom is 0.409 e. The summed E-state index contributed by atoms with van der Waals surface area (Å²) in [7, 11) is 0. The van der Waals surface area contributed by atoms with E-state index < -0.39 is 12.0 Å². The van der Waals surface area contributed by atoms with E-state index in [1.165, 1.54) is 0 Å². The van der Waals surface area contributed by atoms with Crippen molar-refractivity contribution in [3.05, 3.63) is 5.82 Å². The number of hydrogen-bond acceptors (Lipinski definition) is 8. The SMILES string of the molecule is [2H][C@@]1(C(=O)OCCCOC(=O)N(CC)CC)C[C@H]2C[C@@H](CCc3nn[nH]n3)CC[C@H]2CN1. The number of piperidine rings is 1. The number of aromatic nitrogens is 4. The van der Waals surface area contributed by atoms with Gasteiger partial charge in [0.15, 0.2) is 5.82 Å². The molecule has 1 aliphatic carbocycles. The number of nitrogens with one attached hydrogen (secondary N) is 2. The number of fused-ring (bicyclic) bond motifs is 1. The lowest BCUT2D eigenvalue weighted by molar-refractivity contribution is -0.148. The number of aryl methyl sites for hydroxylation is 1. The first-order chi connectivity index (χ1) is 15.4. The smallest absolute Gasteiger partial charge is 0.409 e. The van der Waals surface area contributed by atoms with Crippen LogP contribution in [-0.4, -0.2) is 76.5 Å². The number of hydrogen-bond donors (Lipinski definition) is 2. The number of H-pyrrole nitrogens is 1. The van der Waals surface area contributed by atoms with Crippen LogP contribution in [0, 0.1) is 17.8 Å². The van der Waals surface area contributed by atoms with E-state index in [1.54, 1.807) is 4.90 Å². The van der Waals surface area contributed by atoms with Crippen molar-refractivity contribution in [3.63, 3.8) is 0 Å². The van der Waals surface area contributed by atoms with Crippen LogP contribution in [0.25, 0.3) is 0 Å². The molecule has 2 aliphatic rings. The highest BCUT2D eigenvalue weighted by Crippen LogP contribution is 2.40. The van der Waals surface area contributed by atoms with E-state index in [2.05, 4.69) is 25.9 Å². The van der Waals surface area contributed by atoms with Gasteiger partial charge in [0.05, 0.1) is 14.6 Å². The Morgan fingerprint density at radius 2 is 1.97 bits per heavy atom. The normalized spacial score (nSPS) is 28.3. The molecule has 1 saturated heterocycles. The van der Waals surface area contributed by atoms with E-state index in [4.69, 9.17) is 10.8 Å². The van der Waals surface area contributed by atoms with Crippen LogP contribution in [0.5, 0.6) is 0 Å². The summed E-state index contributed by atoms with van der Waals surface area (Å²) in [5.74, 6) is 1.58. The molecular formula is C21H36N6O4. The molecule has 0 aromatic carbocycles. The van der Waals surface area contributed by atoms with Gasteiger partial charge in [-0.15, -0.1) is 10.2 Å². The van der Waals surface area contributed by atoms with E-state index in [9.17, 15) is 9.59 Å². The predicted octanol–water partition coefficient (Wildman–Crippen LogP) is 1.94. The third-order valence-corrected chi connectivity index (χ3v) is 6.47. The minimum absolute atomic E-state index is 0.133. The minimum atomic E-state index is -1.41. The fourth-order valence-electron chi connectivity index (χ4n) is 4.61. The average molecular weight is 438 g/mol. The van der Waals surface area contributed by atoms with Gasteiger partial charge in [-0.3, -0.25) is 4.79 Å². The van der Waals surface area contributed by atoms with Gasteiger partial charge in [-0.05, 0) is 63.8 Å². The predicted molar refractivity (Wildman–Crippen MR) is 113 cm³/mol. The molecule has 0 spiro atoms. The summed E-state index contributed by atoms with van der Waals surface area (Å²) in [5, 5.41) is 17.2. The monoisotopic (exact) mass is 437 g/mol. The first kappa shape index (κ1) is 22.0. The largest absolute Gasteiger partial charge is 0.464 e. The van der Waals surface area contributed by atoms with Gasteiger partial charge in [0.1, 0.15) is 6.02 Å². The minimum Gasteiger partial charge on any atom is -0.464 e. The molecule has 4 atom stereocenters. The van der Waals surface area contributed by atoms with Gasteiger partial charge in [-0.2, -0.15) is 5.21 Å². The molecule has 2 N–H and O–H groups in total. The molecule has 174 valence electrons. The number of ether oxygens (including phenoxy) is 2.